The maximum Gasteiger partial charge on any atom is 0.338 e. The van der Waals surface area contributed by atoms with E-state index in [-0.39, 0.29) is 0 Å². The van der Waals surface area contributed by atoms with Crippen molar-refractivity contribution in [1.29, 1.82) is 0 Å². The van der Waals surface area contributed by atoms with Gasteiger partial charge >= 0.3 is 5.97 Å². The standard InChI is InChI=1S/C15H13NO3/c1-9(17)10-5-6-11-13(8-10)16-7-3-2-4-12(16)14(11)15(18)19/h2-9,17H,1H3,(H,18,19). The second-order valence-corrected chi connectivity index (χ2v) is 4.59. The van der Waals surface area contributed by atoms with Gasteiger partial charge in [0, 0.05) is 11.6 Å². The van der Waals surface area contributed by atoms with Crippen molar-refractivity contribution in [2.75, 3.05) is 0 Å². The van der Waals surface area contributed by atoms with Crippen molar-refractivity contribution in [3.05, 3.63) is 53.7 Å². The van der Waals surface area contributed by atoms with Gasteiger partial charge in [-0.15, -0.1) is 0 Å². The Labute approximate surface area is 109 Å². The normalized spacial score (nSPS) is 12.9. The van der Waals surface area contributed by atoms with Crippen molar-refractivity contribution in [3.63, 3.8) is 0 Å². The number of benzene rings is 1. The van der Waals surface area contributed by atoms with Crippen molar-refractivity contribution in [3.8, 4) is 0 Å². The van der Waals surface area contributed by atoms with Crippen molar-refractivity contribution >= 4 is 22.4 Å². The number of carboxylic acid groups (broad SMARTS) is 1. The number of nitrogens with zero attached hydrogens (tertiary/aromatic N) is 1. The highest BCUT2D eigenvalue weighted by Gasteiger charge is 2.17. The maximum atomic E-state index is 11.4. The molecule has 0 bridgehead atoms. The second-order valence-electron chi connectivity index (χ2n) is 4.59. The summed E-state index contributed by atoms with van der Waals surface area (Å²) >= 11 is 0. The molecule has 0 amide bonds. The smallest absolute Gasteiger partial charge is 0.338 e. The fourth-order valence-electron chi connectivity index (χ4n) is 2.44. The third-order valence-corrected chi connectivity index (χ3v) is 3.36. The molecule has 4 heteroatoms. The molecule has 19 heavy (non-hydrogen) atoms. The van der Waals surface area contributed by atoms with Gasteiger partial charge in [0.1, 0.15) is 0 Å². The lowest BCUT2D eigenvalue weighted by Gasteiger charge is -2.04. The van der Waals surface area contributed by atoms with Crippen LogP contribution in [0.15, 0.2) is 42.6 Å². The monoisotopic (exact) mass is 255 g/mol. The average molecular weight is 255 g/mol. The number of aromatic carboxylic acids is 1. The summed E-state index contributed by atoms with van der Waals surface area (Å²) in [5.74, 6) is -0.941. The van der Waals surface area contributed by atoms with Crippen LogP contribution in [0.4, 0.5) is 0 Å². The van der Waals surface area contributed by atoms with Crippen LogP contribution in [-0.2, 0) is 0 Å². The van der Waals surface area contributed by atoms with Crippen LogP contribution in [0, 0.1) is 0 Å². The van der Waals surface area contributed by atoms with Gasteiger partial charge in [-0.25, -0.2) is 4.79 Å². The SMILES string of the molecule is CC(O)c1ccc2c(C(=O)O)c3ccccn3c2c1. The Morgan fingerprint density at radius 3 is 2.68 bits per heavy atom. The minimum Gasteiger partial charge on any atom is -0.478 e. The summed E-state index contributed by atoms with van der Waals surface area (Å²) in [6.45, 7) is 1.69. The topological polar surface area (TPSA) is 61.9 Å². The molecule has 2 N–H and O–H groups in total. The Hall–Kier alpha value is -2.33. The lowest BCUT2D eigenvalue weighted by atomic mass is 10.1. The average Bonchev–Trinajstić information content (AvgIpc) is 2.72. The molecule has 1 atom stereocenters. The van der Waals surface area contributed by atoms with Gasteiger partial charge in [0.25, 0.3) is 0 Å². The molecule has 96 valence electrons. The van der Waals surface area contributed by atoms with Crippen LogP contribution < -0.4 is 0 Å². The zero-order valence-corrected chi connectivity index (χ0v) is 10.4. The number of aliphatic hydroxyl groups is 1. The number of aliphatic hydroxyl groups excluding tert-OH is 1. The first kappa shape index (κ1) is 11.7. The fourth-order valence-corrected chi connectivity index (χ4v) is 2.44. The molecule has 0 aliphatic rings. The molecular formula is C15H13NO3. The summed E-state index contributed by atoms with van der Waals surface area (Å²) in [7, 11) is 0. The van der Waals surface area contributed by atoms with E-state index in [4.69, 9.17) is 0 Å². The number of carbonyl (C=O) groups is 1. The lowest BCUT2D eigenvalue weighted by molar-refractivity contribution is 0.0701. The van der Waals surface area contributed by atoms with Gasteiger partial charge in [0.05, 0.1) is 22.7 Å². The number of hydrogen-bond donors (Lipinski definition) is 2. The van der Waals surface area contributed by atoms with Gasteiger partial charge in [-0.2, -0.15) is 0 Å². The van der Waals surface area contributed by atoms with Crippen molar-refractivity contribution < 1.29 is 15.0 Å². The largest absolute Gasteiger partial charge is 0.478 e. The van der Waals surface area contributed by atoms with Crippen LogP contribution >= 0.6 is 0 Å². The van der Waals surface area contributed by atoms with E-state index in [9.17, 15) is 15.0 Å². The molecule has 0 spiro atoms. The fraction of sp³-hybridized carbons (Fsp3) is 0.133. The molecule has 1 unspecified atom stereocenters. The number of hydrogen-bond acceptors (Lipinski definition) is 2. The number of aromatic nitrogens is 1. The quantitative estimate of drug-likeness (QED) is 0.740. The Kier molecular flexibility index (Phi) is 2.54. The Balaban J connectivity index is 2.49. The van der Waals surface area contributed by atoms with E-state index in [1.807, 2.05) is 28.8 Å². The van der Waals surface area contributed by atoms with Gasteiger partial charge in [-0.05, 0) is 30.7 Å². The summed E-state index contributed by atoms with van der Waals surface area (Å²) in [4.78, 5) is 11.4. The molecule has 0 radical (unpaired) electrons. The van der Waals surface area contributed by atoms with Gasteiger partial charge in [-0.1, -0.05) is 18.2 Å². The first-order chi connectivity index (χ1) is 9.09. The van der Waals surface area contributed by atoms with E-state index in [2.05, 4.69) is 0 Å². The lowest BCUT2D eigenvalue weighted by Crippen LogP contribution is -1.95. The van der Waals surface area contributed by atoms with Crippen LogP contribution in [0.1, 0.15) is 28.9 Å². The Morgan fingerprint density at radius 1 is 1.21 bits per heavy atom. The molecule has 2 heterocycles. The molecule has 0 aliphatic heterocycles. The molecular weight excluding hydrogens is 242 g/mol. The van der Waals surface area contributed by atoms with Gasteiger partial charge < -0.3 is 14.6 Å². The van der Waals surface area contributed by atoms with E-state index in [1.165, 1.54) is 0 Å². The van der Waals surface area contributed by atoms with Crippen molar-refractivity contribution in [2.45, 2.75) is 13.0 Å². The van der Waals surface area contributed by atoms with E-state index in [1.54, 1.807) is 25.1 Å². The highest BCUT2D eigenvalue weighted by atomic mass is 16.4. The van der Waals surface area contributed by atoms with E-state index < -0.39 is 12.1 Å². The Morgan fingerprint density at radius 2 is 2.00 bits per heavy atom. The van der Waals surface area contributed by atoms with E-state index in [0.717, 1.165) is 11.1 Å². The number of pyridine rings is 1. The first-order valence-electron chi connectivity index (χ1n) is 6.03. The number of fused-ring (bicyclic) bond motifs is 3. The number of carboxylic acids is 1. The van der Waals surface area contributed by atoms with Gasteiger partial charge in [0.15, 0.2) is 0 Å². The first-order valence-corrected chi connectivity index (χ1v) is 6.03. The van der Waals surface area contributed by atoms with Gasteiger partial charge in [0.2, 0.25) is 0 Å². The summed E-state index contributed by atoms with van der Waals surface area (Å²) in [5.41, 5.74) is 2.53. The molecule has 1 aromatic carbocycles. The Bertz CT molecular complexity index is 787. The van der Waals surface area contributed by atoms with Crippen LogP contribution in [0.25, 0.3) is 16.4 Å². The van der Waals surface area contributed by atoms with Crippen LogP contribution in [-0.4, -0.2) is 20.6 Å². The molecule has 0 saturated heterocycles. The van der Waals surface area contributed by atoms with Crippen molar-refractivity contribution in [2.24, 2.45) is 0 Å². The van der Waals surface area contributed by atoms with Crippen LogP contribution in [0.2, 0.25) is 0 Å². The molecule has 0 fully saturated rings. The third kappa shape index (κ3) is 1.69. The number of rotatable bonds is 2. The minimum atomic E-state index is -0.941. The van der Waals surface area contributed by atoms with Crippen LogP contribution in [0.5, 0.6) is 0 Å². The highest BCUT2D eigenvalue weighted by Crippen LogP contribution is 2.29. The summed E-state index contributed by atoms with van der Waals surface area (Å²) in [6.07, 6.45) is 1.25. The summed E-state index contributed by atoms with van der Waals surface area (Å²) < 4.78 is 1.84. The molecule has 2 aromatic heterocycles. The van der Waals surface area contributed by atoms with E-state index in [0.29, 0.717) is 16.5 Å². The molecule has 3 rings (SSSR count). The van der Waals surface area contributed by atoms with Crippen LogP contribution in [0.3, 0.4) is 0 Å². The van der Waals surface area contributed by atoms with Gasteiger partial charge in [-0.3, -0.25) is 0 Å². The maximum absolute atomic E-state index is 11.4. The second kappa shape index (κ2) is 4.10. The summed E-state index contributed by atoms with van der Waals surface area (Å²) in [5, 5.41) is 19.7. The summed E-state index contributed by atoms with van der Waals surface area (Å²) in [6, 6.07) is 10.8. The molecule has 4 nitrogen and oxygen atoms in total. The zero-order valence-electron chi connectivity index (χ0n) is 10.4. The van der Waals surface area contributed by atoms with E-state index >= 15 is 0 Å². The molecule has 0 saturated carbocycles. The third-order valence-electron chi connectivity index (χ3n) is 3.36. The molecule has 3 aromatic rings. The predicted octanol–water partition coefficient (Wildman–Crippen LogP) is 2.84. The highest BCUT2D eigenvalue weighted by molar-refractivity contribution is 6.11. The molecule has 0 aliphatic carbocycles. The zero-order chi connectivity index (χ0) is 13.6. The van der Waals surface area contributed by atoms with Crippen molar-refractivity contribution in [1.82, 2.24) is 4.40 Å². The predicted molar refractivity (Wildman–Crippen MR) is 72.5 cm³/mol. The minimum absolute atomic E-state index is 0.299.